The number of likely N-dealkylation sites (tertiary alicyclic amines) is 1. The standard InChI is InChI=1S/C16H18N2O2/c19-15-7-4-10-18(12-15)16(20)13-5-3-6-14(11-13)17-8-1-2-9-17/h1-3,5-6,8-9,11,15,19H,4,7,10,12H2/t15-/m0/s1. The summed E-state index contributed by atoms with van der Waals surface area (Å²) in [7, 11) is 0. The predicted octanol–water partition coefficient (Wildman–Crippen LogP) is 2.07. The van der Waals surface area contributed by atoms with Crippen molar-refractivity contribution >= 4 is 5.91 Å². The molecule has 1 saturated heterocycles. The number of β-amino-alcohol motifs (C(OH)–C–C–N with tert-alkyl or cyclic N) is 1. The first-order valence-corrected chi connectivity index (χ1v) is 6.95. The lowest BCUT2D eigenvalue weighted by atomic mass is 10.1. The predicted molar refractivity (Wildman–Crippen MR) is 76.9 cm³/mol. The third-order valence-corrected chi connectivity index (χ3v) is 3.68. The van der Waals surface area contributed by atoms with E-state index in [1.165, 1.54) is 0 Å². The van der Waals surface area contributed by atoms with Crippen LogP contribution in [0.25, 0.3) is 5.69 Å². The molecule has 2 aromatic rings. The maximum atomic E-state index is 12.5. The Morgan fingerprint density at radius 1 is 1.20 bits per heavy atom. The minimum atomic E-state index is -0.389. The molecule has 1 amide bonds. The molecule has 20 heavy (non-hydrogen) atoms. The second-order valence-corrected chi connectivity index (χ2v) is 5.19. The quantitative estimate of drug-likeness (QED) is 0.908. The molecule has 0 radical (unpaired) electrons. The number of aliphatic hydroxyl groups is 1. The lowest BCUT2D eigenvalue weighted by Crippen LogP contribution is -2.42. The van der Waals surface area contributed by atoms with Crippen molar-refractivity contribution in [2.24, 2.45) is 0 Å². The van der Waals surface area contributed by atoms with Crippen LogP contribution in [0.3, 0.4) is 0 Å². The number of aromatic nitrogens is 1. The number of piperidine rings is 1. The first-order valence-electron chi connectivity index (χ1n) is 6.95. The lowest BCUT2D eigenvalue weighted by molar-refractivity contribution is 0.0474. The second-order valence-electron chi connectivity index (χ2n) is 5.19. The summed E-state index contributed by atoms with van der Waals surface area (Å²) in [4.78, 5) is 14.2. The number of benzene rings is 1. The molecule has 1 aromatic carbocycles. The second kappa shape index (κ2) is 5.51. The Hall–Kier alpha value is -2.07. The molecule has 1 atom stereocenters. The van der Waals surface area contributed by atoms with Gasteiger partial charge in [0.2, 0.25) is 0 Å². The molecule has 0 bridgehead atoms. The van der Waals surface area contributed by atoms with Gasteiger partial charge in [-0.25, -0.2) is 0 Å². The molecule has 1 fully saturated rings. The highest BCUT2D eigenvalue weighted by Gasteiger charge is 2.23. The zero-order valence-electron chi connectivity index (χ0n) is 11.3. The Balaban J connectivity index is 1.83. The van der Waals surface area contributed by atoms with Crippen LogP contribution in [0.5, 0.6) is 0 Å². The van der Waals surface area contributed by atoms with E-state index >= 15 is 0 Å². The highest BCUT2D eigenvalue weighted by Crippen LogP contribution is 2.16. The summed E-state index contributed by atoms with van der Waals surface area (Å²) < 4.78 is 1.97. The summed E-state index contributed by atoms with van der Waals surface area (Å²) >= 11 is 0. The van der Waals surface area contributed by atoms with Crippen molar-refractivity contribution in [3.05, 3.63) is 54.4 Å². The lowest BCUT2D eigenvalue weighted by Gasteiger charge is -2.30. The van der Waals surface area contributed by atoms with E-state index < -0.39 is 0 Å². The third-order valence-electron chi connectivity index (χ3n) is 3.68. The molecule has 104 valence electrons. The topological polar surface area (TPSA) is 45.5 Å². The number of carbonyl (C=O) groups excluding carboxylic acids is 1. The molecule has 3 rings (SSSR count). The summed E-state index contributed by atoms with van der Waals surface area (Å²) in [6, 6.07) is 11.5. The van der Waals surface area contributed by atoms with Crippen LogP contribution >= 0.6 is 0 Å². The fourth-order valence-electron chi connectivity index (χ4n) is 2.63. The van der Waals surface area contributed by atoms with Crippen LogP contribution in [-0.2, 0) is 0 Å². The van der Waals surface area contributed by atoms with Gasteiger partial charge in [0.15, 0.2) is 0 Å². The van der Waals surface area contributed by atoms with E-state index in [4.69, 9.17) is 0 Å². The highest BCUT2D eigenvalue weighted by molar-refractivity contribution is 5.94. The van der Waals surface area contributed by atoms with E-state index in [1.54, 1.807) is 4.90 Å². The van der Waals surface area contributed by atoms with Crippen molar-refractivity contribution in [1.82, 2.24) is 9.47 Å². The van der Waals surface area contributed by atoms with Crippen LogP contribution in [0.1, 0.15) is 23.2 Å². The monoisotopic (exact) mass is 270 g/mol. The maximum absolute atomic E-state index is 12.5. The fourth-order valence-corrected chi connectivity index (χ4v) is 2.63. The molecule has 0 spiro atoms. The van der Waals surface area contributed by atoms with Crippen LogP contribution in [0, 0.1) is 0 Å². The number of hydrogen-bond acceptors (Lipinski definition) is 2. The Bertz CT molecular complexity index is 592. The molecule has 1 aliphatic rings. The van der Waals surface area contributed by atoms with E-state index in [0.717, 1.165) is 25.1 Å². The first kappa shape index (κ1) is 12.9. The molecule has 0 saturated carbocycles. The van der Waals surface area contributed by atoms with Crippen LogP contribution in [-0.4, -0.2) is 39.7 Å². The summed E-state index contributed by atoms with van der Waals surface area (Å²) in [5.41, 5.74) is 1.64. The van der Waals surface area contributed by atoms with Crippen molar-refractivity contribution in [3.8, 4) is 5.69 Å². The molecule has 1 aromatic heterocycles. The smallest absolute Gasteiger partial charge is 0.254 e. The molecule has 0 aliphatic carbocycles. The molecule has 4 heteroatoms. The van der Waals surface area contributed by atoms with Gasteiger partial charge in [-0.1, -0.05) is 6.07 Å². The van der Waals surface area contributed by atoms with E-state index in [9.17, 15) is 9.90 Å². The molecular weight excluding hydrogens is 252 g/mol. The Kier molecular flexibility index (Phi) is 3.56. The molecule has 2 heterocycles. The van der Waals surface area contributed by atoms with E-state index in [2.05, 4.69) is 0 Å². The van der Waals surface area contributed by atoms with E-state index in [1.807, 2.05) is 53.4 Å². The van der Waals surface area contributed by atoms with Crippen molar-refractivity contribution < 1.29 is 9.90 Å². The molecular formula is C16H18N2O2. The molecule has 1 N–H and O–H groups in total. The van der Waals surface area contributed by atoms with Crippen LogP contribution < -0.4 is 0 Å². The summed E-state index contributed by atoms with van der Waals surface area (Å²) in [5, 5.41) is 9.68. The van der Waals surface area contributed by atoms with Crippen molar-refractivity contribution in [3.63, 3.8) is 0 Å². The maximum Gasteiger partial charge on any atom is 0.254 e. The summed E-state index contributed by atoms with van der Waals surface area (Å²) in [5.74, 6) is -0.00208. The van der Waals surface area contributed by atoms with Gasteiger partial charge in [-0.05, 0) is 43.2 Å². The summed E-state index contributed by atoms with van der Waals surface area (Å²) in [6.45, 7) is 1.16. The third kappa shape index (κ3) is 2.60. The number of carbonyl (C=O) groups is 1. The van der Waals surface area contributed by atoms with Crippen molar-refractivity contribution in [1.29, 1.82) is 0 Å². The van der Waals surface area contributed by atoms with Crippen molar-refractivity contribution in [2.75, 3.05) is 13.1 Å². The number of nitrogens with zero attached hydrogens (tertiary/aromatic N) is 2. The summed E-state index contributed by atoms with van der Waals surface area (Å²) in [6.07, 6.45) is 5.17. The van der Waals surface area contributed by atoms with Gasteiger partial charge in [-0.15, -0.1) is 0 Å². The average Bonchev–Trinajstić information content (AvgIpc) is 3.01. The zero-order valence-corrected chi connectivity index (χ0v) is 11.3. The number of hydrogen-bond donors (Lipinski definition) is 1. The number of rotatable bonds is 2. The zero-order chi connectivity index (χ0) is 13.9. The van der Waals surface area contributed by atoms with Gasteiger partial charge in [0.1, 0.15) is 0 Å². The van der Waals surface area contributed by atoms with Gasteiger partial charge in [0, 0.05) is 36.7 Å². The number of aliphatic hydroxyl groups excluding tert-OH is 1. The first-order chi connectivity index (χ1) is 9.74. The molecule has 4 nitrogen and oxygen atoms in total. The van der Waals surface area contributed by atoms with E-state index in [0.29, 0.717) is 12.1 Å². The Morgan fingerprint density at radius 2 is 2.00 bits per heavy atom. The molecule has 0 unspecified atom stereocenters. The van der Waals surface area contributed by atoms with Gasteiger partial charge in [0.25, 0.3) is 5.91 Å². The largest absolute Gasteiger partial charge is 0.391 e. The van der Waals surface area contributed by atoms with E-state index in [-0.39, 0.29) is 12.0 Å². The van der Waals surface area contributed by atoms with Gasteiger partial charge >= 0.3 is 0 Å². The highest BCUT2D eigenvalue weighted by atomic mass is 16.3. The Morgan fingerprint density at radius 3 is 2.75 bits per heavy atom. The minimum absolute atomic E-state index is 0.00208. The fraction of sp³-hybridized carbons (Fsp3) is 0.312. The van der Waals surface area contributed by atoms with Crippen molar-refractivity contribution in [2.45, 2.75) is 18.9 Å². The Labute approximate surface area is 118 Å². The van der Waals surface area contributed by atoms with Crippen LogP contribution in [0.15, 0.2) is 48.8 Å². The van der Waals surface area contributed by atoms with Crippen LogP contribution in [0.4, 0.5) is 0 Å². The minimum Gasteiger partial charge on any atom is -0.391 e. The van der Waals surface area contributed by atoms with Gasteiger partial charge < -0.3 is 14.6 Å². The van der Waals surface area contributed by atoms with Gasteiger partial charge in [-0.3, -0.25) is 4.79 Å². The molecule has 1 aliphatic heterocycles. The van der Waals surface area contributed by atoms with Gasteiger partial charge in [-0.2, -0.15) is 0 Å². The van der Waals surface area contributed by atoms with Gasteiger partial charge in [0.05, 0.1) is 6.10 Å². The SMILES string of the molecule is O=C(c1cccc(-n2cccc2)c1)N1CCC[C@H](O)C1. The number of amides is 1. The van der Waals surface area contributed by atoms with Crippen LogP contribution in [0.2, 0.25) is 0 Å². The normalized spacial score (nSPS) is 19.1. The average molecular weight is 270 g/mol.